The monoisotopic (exact) mass is 219 g/mol. The lowest BCUT2D eigenvalue weighted by atomic mass is 10.1. The summed E-state index contributed by atoms with van der Waals surface area (Å²) < 4.78 is 8.96. The number of nitrogens with one attached hydrogen (secondary N) is 1. The van der Waals surface area contributed by atoms with Crippen LogP contribution in [0.15, 0.2) is 0 Å². The van der Waals surface area contributed by atoms with Gasteiger partial charge in [0.15, 0.2) is 0 Å². The van der Waals surface area contributed by atoms with Gasteiger partial charge in [-0.25, -0.2) is 0 Å². The Bertz CT molecular complexity index is 182. The largest absolute Gasteiger partial charge is 0.469 e. The number of methoxy groups -OCH3 is 2. The second kappa shape index (κ2) is 11.0. The number of carbonyl (C=O) groups is 2. The molecule has 0 amide bonds. The van der Waals surface area contributed by atoms with Gasteiger partial charge in [-0.3, -0.25) is 9.59 Å². The molecule has 0 saturated heterocycles. The molecule has 1 unspecified atom stereocenters. The fraction of sp³-hybridized carbons (Fsp3) is 0.800. The molecule has 0 spiro atoms. The molecule has 0 heterocycles. The van der Waals surface area contributed by atoms with E-state index in [1.807, 2.05) is 13.8 Å². The fourth-order valence-electron chi connectivity index (χ4n) is 0.887. The lowest BCUT2D eigenvalue weighted by molar-refractivity contribution is -0.144. The molecular weight excluding hydrogens is 198 g/mol. The van der Waals surface area contributed by atoms with E-state index in [9.17, 15) is 9.59 Å². The van der Waals surface area contributed by atoms with Gasteiger partial charge in [-0.2, -0.15) is 0 Å². The lowest BCUT2D eigenvalue weighted by Crippen LogP contribution is -2.35. The van der Waals surface area contributed by atoms with Gasteiger partial charge >= 0.3 is 11.9 Å². The first kappa shape index (κ1) is 16.3. The molecule has 15 heavy (non-hydrogen) atoms. The van der Waals surface area contributed by atoms with E-state index >= 15 is 0 Å². The summed E-state index contributed by atoms with van der Waals surface area (Å²) in [6.07, 6.45) is 0.590. The normalized spacial score (nSPS) is 10.7. The molecule has 5 nitrogen and oxygen atoms in total. The predicted molar refractivity (Wildman–Crippen MR) is 57.5 cm³/mol. The Morgan fingerprint density at radius 2 is 1.73 bits per heavy atom. The van der Waals surface area contributed by atoms with Crippen molar-refractivity contribution in [1.29, 1.82) is 0 Å². The molecule has 0 aliphatic carbocycles. The number of likely N-dealkylation sites (N-methyl/N-ethyl adjacent to an activating group) is 1. The van der Waals surface area contributed by atoms with Crippen molar-refractivity contribution in [3.63, 3.8) is 0 Å². The number of hydrogen-bond acceptors (Lipinski definition) is 5. The van der Waals surface area contributed by atoms with Gasteiger partial charge < -0.3 is 14.8 Å². The van der Waals surface area contributed by atoms with Gasteiger partial charge in [0.2, 0.25) is 0 Å². The van der Waals surface area contributed by atoms with Crippen molar-refractivity contribution in [3.05, 3.63) is 0 Å². The van der Waals surface area contributed by atoms with Crippen LogP contribution in [0.4, 0.5) is 0 Å². The van der Waals surface area contributed by atoms with Crippen LogP contribution in [0.5, 0.6) is 0 Å². The number of rotatable bonds is 5. The second-order valence-corrected chi connectivity index (χ2v) is 2.48. The van der Waals surface area contributed by atoms with Gasteiger partial charge in [-0.15, -0.1) is 0 Å². The van der Waals surface area contributed by atoms with Crippen molar-refractivity contribution in [2.45, 2.75) is 32.7 Å². The smallest absolute Gasteiger partial charge is 0.322 e. The molecule has 0 rings (SSSR count). The molecule has 0 aromatic carbocycles. The standard InChI is InChI=1S/C8H15NO4.C2H6/c1-9-6(8(11)13-3)4-5-7(10)12-2;1-2/h6,9H,4-5H2,1-3H3;1-2H3. The second-order valence-electron chi connectivity index (χ2n) is 2.48. The molecule has 0 aromatic heterocycles. The van der Waals surface area contributed by atoms with Crippen molar-refractivity contribution in [1.82, 2.24) is 5.32 Å². The summed E-state index contributed by atoms with van der Waals surface area (Å²) in [5, 5.41) is 2.75. The first-order chi connectivity index (χ1) is 7.15. The van der Waals surface area contributed by atoms with Crippen LogP contribution < -0.4 is 5.32 Å². The quantitative estimate of drug-likeness (QED) is 0.690. The van der Waals surface area contributed by atoms with Crippen molar-refractivity contribution >= 4 is 11.9 Å². The molecule has 0 aliphatic heterocycles. The first-order valence-corrected chi connectivity index (χ1v) is 4.97. The molecule has 90 valence electrons. The van der Waals surface area contributed by atoms with Gasteiger partial charge in [0.1, 0.15) is 6.04 Å². The summed E-state index contributed by atoms with van der Waals surface area (Å²) in [5.74, 6) is -0.699. The maximum absolute atomic E-state index is 11.0. The van der Waals surface area contributed by atoms with Gasteiger partial charge in [0.05, 0.1) is 14.2 Å². The van der Waals surface area contributed by atoms with E-state index in [-0.39, 0.29) is 18.4 Å². The highest BCUT2D eigenvalue weighted by Crippen LogP contribution is 2.00. The third kappa shape index (κ3) is 7.93. The molecule has 5 heteroatoms. The average molecular weight is 219 g/mol. The lowest BCUT2D eigenvalue weighted by Gasteiger charge is -2.11. The summed E-state index contributed by atoms with van der Waals surface area (Å²) >= 11 is 0. The van der Waals surface area contributed by atoms with E-state index in [4.69, 9.17) is 0 Å². The van der Waals surface area contributed by atoms with Crippen molar-refractivity contribution in [3.8, 4) is 0 Å². The summed E-state index contributed by atoms with van der Waals surface area (Å²) in [6, 6.07) is -0.441. The number of esters is 2. The van der Waals surface area contributed by atoms with Crippen LogP contribution in [0.2, 0.25) is 0 Å². The zero-order chi connectivity index (χ0) is 12.3. The maximum Gasteiger partial charge on any atom is 0.322 e. The molecular formula is C10H21NO4. The zero-order valence-electron chi connectivity index (χ0n) is 10.1. The van der Waals surface area contributed by atoms with E-state index in [1.165, 1.54) is 14.2 Å². The minimum atomic E-state index is -0.441. The van der Waals surface area contributed by atoms with Crippen molar-refractivity contribution in [2.24, 2.45) is 0 Å². The number of ether oxygens (including phenoxy) is 2. The number of hydrogen-bond donors (Lipinski definition) is 1. The van der Waals surface area contributed by atoms with E-state index in [1.54, 1.807) is 7.05 Å². The molecule has 0 radical (unpaired) electrons. The zero-order valence-corrected chi connectivity index (χ0v) is 10.1. The van der Waals surface area contributed by atoms with Crippen molar-refractivity contribution in [2.75, 3.05) is 21.3 Å². The van der Waals surface area contributed by atoms with Gasteiger partial charge in [-0.05, 0) is 13.5 Å². The van der Waals surface area contributed by atoms with E-state index < -0.39 is 6.04 Å². The fourth-order valence-corrected chi connectivity index (χ4v) is 0.887. The van der Waals surface area contributed by atoms with Crippen LogP contribution in [0.3, 0.4) is 0 Å². The van der Waals surface area contributed by atoms with E-state index in [0.717, 1.165) is 0 Å². The Hall–Kier alpha value is -1.10. The van der Waals surface area contributed by atoms with Gasteiger partial charge in [0.25, 0.3) is 0 Å². The molecule has 0 aromatic rings. The summed E-state index contributed by atoms with van der Waals surface area (Å²) in [5.41, 5.74) is 0. The summed E-state index contributed by atoms with van der Waals surface area (Å²) in [4.78, 5) is 21.7. The van der Waals surface area contributed by atoms with Crippen LogP contribution in [0.25, 0.3) is 0 Å². The minimum absolute atomic E-state index is 0.205. The highest BCUT2D eigenvalue weighted by molar-refractivity contribution is 5.77. The Morgan fingerprint density at radius 1 is 1.20 bits per heavy atom. The molecule has 1 N–H and O–H groups in total. The molecule has 0 bridgehead atoms. The van der Waals surface area contributed by atoms with Crippen LogP contribution >= 0.6 is 0 Å². The van der Waals surface area contributed by atoms with Gasteiger partial charge in [0, 0.05) is 6.42 Å². The molecule has 0 fully saturated rings. The topological polar surface area (TPSA) is 64.6 Å². The van der Waals surface area contributed by atoms with Gasteiger partial charge in [-0.1, -0.05) is 13.8 Å². The minimum Gasteiger partial charge on any atom is -0.469 e. The van der Waals surface area contributed by atoms with Crippen LogP contribution in [-0.2, 0) is 19.1 Å². The SMILES string of the molecule is CC.CNC(CCC(=O)OC)C(=O)OC. The van der Waals surface area contributed by atoms with Crippen LogP contribution in [0, 0.1) is 0 Å². The average Bonchev–Trinajstić information content (AvgIpc) is 2.31. The Labute approximate surface area is 91.1 Å². The highest BCUT2D eigenvalue weighted by atomic mass is 16.5. The highest BCUT2D eigenvalue weighted by Gasteiger charge is 2.17. The Morgan fingerprint density at radius 3 is 2.07 bits per heavy atom. The molecule has 0 aliphatic rings. The maximum atomic E-state index is 11.0. The number of carbonyl (C=O) groups excluding carboxylic acids is 2. The molecule has 0 saturated carbocycles. The molecule has 1 atom stereocenters. The van der Waals surface area contributed by atoms with Crippen LogP contribution in [-0.4, -0.2) is 39.2 Å². The predicted octanol–water partition coefficient (Wildman–Crippen LogP) is 0.727. The van der Waals surface area contributed by atoms with Crippen molar-refractivity contribution < 1.29 is 19.1 Å². The third-order valence-corrected chi connectivity index (χ3v) is 1.70. The van der Waals surface area contributed by atoms with E-state index in [0.29, 0.717) is 6.42 Å². The summed E-state index contributed by atoms with van der Waals surface area (Å²) in [6.45, 7) is 4.00. The van der Waals surface area contributed by atoms with E-state index in [2.05, 4.69) is 14.8 Å². The summed E-state index contributed by atoms with van der Waals surface area (Å²) in [7, 11) is 4.26. The van der Waals surface area contributed by atoms with Crippen LogP contribution in [0.1, 0.15) is 26.7 Å². The Balaban J connectivity index is 0. The first-order valence-electron chi connectivity index (χ1n) is 4.97. The third-order valence-electron chi connectivity index (χ3n) is 1.70. The Kier molecular flexibility index (Phi) is 12.0.